The van der Waals surface area contributed by atoms with Crippen LogP contribution in [0, 0.1) is 0 Å². The fourth-order valence-electron chi connectivity index (χ4n) is 3.71. The molecule has 0 N–H and O–H groups in total. The zero-order valence-electron chi connectivity index (χ0n) is 21.4. The van der Waals surface area contributed by atoms with Crippen molar-refractivity contribution in [3.8, 4) is 11.5 Å². The summed E-state index contributed by atoms with van der Waals surface area (Å²) in [6, 6.07) is 20.6. The van der Waals surface area contributed by atoms with Crippen LogP contribution < -0.4 is 9.47 Å². The van der Waals surface area contributed by atoms with Gasteiger partial charge in [-0.3, -0.25) is 9.69 Å². The van der Waals surface area contributed by atoms with Crippen LogP contribution in [0.4, 0.5) is 0 Å². The van der Waals surface area contributed by atoms with E-state index in [0.29, 0.717) is 40.0 Å². The number of ether oxygens (including phenoxy) is 3. The van der Waals surface area contributed by atoms with Crippen LogP contribution in [0.2, 0.25) is 5.02 Å². The summed E-state index contributed by atoms with van der Waals surface area (Å²) in [4.78, 5) is 15.1. The van der Waals surface area contributed by atoms with Crippen LogP contribution >= 0.6 is 23.4 Å². The minimum absolute atomic E-state index is 0.0512. The fraction of sp³-hybridized carbons (Fsp3) is 0.214. The summed E-state index contributed by atoms with van der Waals surface area (Å²) < 4.78 is 46.4. The van der Waals surface area contributed by atoms with E-state index in [2.05, 4.69) is 4.40 Å². The van der Waals surface area contributed by atoms with Crippen molar-refractivity contribution < 1.29 is 27.4 Å². The highest BCUT2D eigenvalue weighted by Crippen LogP contribution is 2.36. The van der Waals surface area contributed by atoms with Crippen LogP contribution in [0.25, 0.3) is 6.08 Å². The third kappa shape index (κ3) is 7.21. The van der Waals surface area contributed by atoms with Gasteiger partial charge in [0.05, 0.1) is 16.9 Å². The van der Waals surface area contributed by atoms with Gasteiger partial charge in [-0.05, 0) is 60.2 Å². The Balaban J connectivity index is 1.63. The van der Waals surface area contributed by atoms with E-state index < -0.39 is 10.0 Å². The second kappa shape index (κ2) is 13.2. The number of carbonyl (C=O) groups is 1. The van der Waals surface area contributed by atoms with E-state index in [1.54, 1.807) is 62.8 Å². The molecule has 0 radical (unpaired) electrons. The van der Waals surface area contributed by atoms with Gasteiger partial charge in [0.15, 0.2) is 16.7 Å². The Hall–Kier alpha value is -3.31. The molecule has 1 fully saturated rings. The number of halogens is 1. The maximum atomic E-state index is 13.3. The first-order valence-electron chi connectivity index (χ1n) is 12.0. The number of hydrogen-bond donors (Lipinski definition) is 0. The summed E-state index contributed by atoms with van der Waals surface area (Å²) in [5, 5.41) is 0.684. The molecule has 3 aromatic carbocycles. The summed E-state index contributed by atoms with van der Waals surface area (Å²) in [5.74, 6) is 0.652. The van der Waals surface area contributed by atoms with Crippen molar-refractivity contribution in [2.45, 2.75) is 17.9 Å². The van der Waals surface area contributed by atoms with Crippen molar-refractivity contribution in [1.82, 2.24) is 4.90 Å². The van der Waals surface area contributed by atoms with Gasteiger partial charge < -0.3 is 14.2 Å². The molecular weight excluding hydrogens is 560 g/mol. The van der Waals surface area contributed by atoms with Gasteiger partial charge >= 0.3 is 0 Å². The first kappa shape index (κ1) is 28.7. The topological polar surface area (TPSA) is 94.5 Å². The molecule has 1 amide bonds. The minimum atomic E-state index is -4.01. The lowest BCUT2D eigenvalue weighted by Gasteiger charge is -2.15. The quantitative estimate of drug-likeness (QED) is 0.212. The zero-order valence-corrected chi connectivity index (χ0v) is 23.8. The lowest BCUT2D eigenvalue weighted by atomic mass is 10.1. The van der Waals surface area contributed by atoms with E-state index >= 15 is 0 Å². The van der Waals surface area contributed by atoms with Crippen molar-refractivity contribution in [2.24, 2.45) is 4.40 Å². The molecule has 1 aliphatic rings. The Labute approximate surface area is 237 Å². The van der Waals surface area contributed by atoms with Crippen LogP contribution in [0.3, 0.4) is 0 Å². The molecule has 8 nitrogen and oxygen atoms in total. The van der Waals surface area contributed by atoms with Crippen LogP contribution in [0.1, 0.15) is 17.5 Å². The summed E-state index contributed by atoms with van der Waals surface area (Å²) in [7, 11) is -0.906. The molecule has 0 saturated carbocycles. The van der Waals surface area contributed by atoms with Gasteiger partial charge in [-0.2, -0.15) is 8.42 Å². The van der Waals surface area contributed by atoms with Crippen molar-refractivity contribution in [3.63, 3.8) is 0 Å². The average Bonchev–Trinajstić information content (AvgIpc) is 3.21. The molecule has 0 spiro atoms. The third-order valence-corrected chi connectivity index (χ3v) is 8.46. The molecule has 0 bridgehead atoms. The molecule has 0 atom stereocenters. The first-order valence-corrected chi connectivity index (χ1v) is 14.6. The van der Waals surface area contributed by atoms with Crippen LogP contribution in [-0.4, -0.2) is 51.8 Å². The van der Waals surface area contributed by atoms with Crippen molar-refractivity contribution in [3.05, 3.63) is 93.9 Å². The molecule has 11 heteroatoms. The van der Waals surface area contributed by atoms with Crippen molar-refractivity contribution in [2.75, 3.05) is 27.4 Å². The second-order valence-electron chi connectivity index (χ2n) is 8.37. The molecule has 3 aromatic rings. The maximum absolute atomic E-state index is 13.3. The van der Waals surface area contributed by atoms with Crippen molar-refractivity contribution in [1.29, 1.82) is 0 Å². The van der Waals surface area contributed by atoms with E-state index in [9.17, 15) is 13.2 Å². The summed E-state index contributed by atoms with van der Waals surface area (Å²) in [6.45, 7) is 0.900. The van der Waals surface area contributed by atoms with Gasteiger partial charge in [-0.25, -0.2) is 0 Å². The predicted octanol–water partition coefficient (Wildman–Crippen LogP) is 5.63. The molecular formula is C28H27ClN2O6S2. The normalized spacial score (nSPS) is 15.8. The Morgan fingerprint density at radius 3 is 2.46 bits per heavy atom. The lowest BCUT2D eigenvalue weighted by molar-refractivity contribution is -0.122. The Kier molecular flexibility index (Phi) is 9.68. The molecule has 0 aromatic heterocycles. The number of thioether (sulfide) groups is 1. The maximum Gasteiger partial charge on any atom is 0.284 e. The highest BCUT2D eigenvalue weighted by molar-refractivity contribution is 8.19. The molecule has 1 heterocycles. The Bertz CT molecular complexity index is 1490. The van der Waals surface area contributed by atoms with Gasteiger partial charge in [0.1, 0.15) is 6.61 Å². The van der Waals surface area contributed by atoms with E-state index in [1.807, 2.05) is 18.2 Å². The predicted molar refractivity (Wildman–Crippen MR) is 154 cm³/mol. The summed E-state index contributed by atoms with van der Waals surface area (Å²) >= 11 is 7.26. The number of methoxy groups -OCH3 is 2. The number of carbonyl (C=O) groups excluding carboxylic acids is 1. The minimum Gasteiger partial charge on any atom is -0.493 e. The number of sulfonamides is 1. The largest absolute Gasteiger partial charge is 0.493 e. The van der Waals surface area contributed by atoms with Crippen LogP contribution in [0.5, 0.6) is 11.5 Å². The Morgan fingerprint density at radius 2 is 1.74 bits per heavy atom. The highest BCUT2D eigenvalue weighted by Gasteiger charge is 2.34. The van der Waals surface area contributed by atoms with Crippen LogP contribution in [-0.2, 0) is 26.2 Å². The standard InChI is InChI=1S/C28H27ClN2O6S2/c1-35-16-8-15-31-27(32)26(38-28(31)30-39(33,34)22-10-4-3-5-11-22)18-20-13-14-24(36-2)25(17-20)37-19-21-9-6-7-12-23(21)29/h3-7,9-14,17-18H,8,15-16,19H2,1-2H3/b26-18-,30-28+. The number of amides is 1. The SMILES string of the molecule is COCCCN1C(=O)/C(=C/c2ccc(OC)c(OCc3ccccc3Cl)c2)S/C1=N/S(=O)(=O)c1ccccc1. The molecule has 1 aliphatic heterocycles. The summed E-state index contributed by atoms with van der Waals surface area (Å²) in [6.07, 6.45) is 2.19. The van der Waals surface area contributed by atoms with E-state index in [1.165, 1.54) is 17.0 Å². The molecule has 39 heavy (non-hydrogen) atoms. The summed E-state index contributed by atoms with van der Waals surface area (Å²) in [5.41, 5.74) is 1.49. The number of nitrogens with zero attached hydrogens (tertiary/aromatic N) is 2. The van der Waals surface area contributed by atoms with E-state index in [0.717, 1.165) is 17.3 Å². The molecule has 1 saturated heterocycles. The number of rotatable bonds is 11. The first-order chi connectivity index (χ1) is 18.8. The van der Waals surface area contributed by atoms with Gasteiger partial charge in [0.2, 0.25) is 0 Å². The monoisotopic (exact) mass is 586 g/mol. The van der Waals surface area contributed by atoms with Crippen LogP contribution in [0.15, 0.2) is 87.0 Å². The van der Waals surface area contributed by atoms with E-state index in [-0.39, 0.29) is 29.1 Å². The fourth-order valence-corrected chi connectivity index (χ4v) is 6.12. The van der Waals surface area contributed by atoms with Crippen molar-refractivity contribution >= 4 is 50.5 Å². The Morgan fingerprint density at radius 1 is 1.00 bits per heavy atom. The van der Waals surface area contributed by atoms with Gasteiger partial charge in [0.25, 0.3) is 15.9 Å². The smallest absolute Gasteiger partial charge is 0.284 e. The van der Waals surface area contributed by atoms with Gasteiger partial charge in [-0.1, -0.05) is 54.1 Å². The third-order valence-electron chi connectivity index (χ3n) is 5.68. The number of hydrogen-bond acceptors (Lipinski definition) is 7. The zero-order chi connectivity index (χ0) is 27.8. The lowest BCUT2D eigenvalue weighted by Crippen LogP contribution is -2.31. The van der Waals surface area contributed by atoms with Gasteiger partial charge in [-0.15, -0.1) is 4.40 Å². The molecule has 4 rings (SSSR count). The van der Waals surface area contributed by atoms with Gasteiger partial charge in [0, 0.05) is 30.8 Å². The highest BCUT2D eigenvalue weighted by atomic mass is 35.5. The molecule has 0 unspecified atom stereocenters. The molecule has 0 aliphatic carbocycles. The van der Waals surface area contributed by atoms with E-state index in [4.69, 9.17) is 25.8 Å². The average molecular weight is 587 g/mol. The number of amidine groups is 1. The second-order valence-corrected chi connectivity index (χ2v) is 11.4. The number of benzene rings is 3. The molecule has 204 valence electrons.